The van der Waals surface area contributed by atoms with Crippen LogP contribution in [0.15, 0.2) is 23.0 Å². The van der Waals surface area contributed by atoms with Crippen LogP contribution in [0.1, 0.15) is 17.3 Å². The van der Waals surface area contributed by atoms with Crippen molar-refractivity contribution < 1.29 is 14.3 Å². The third kappa shape index (κ3) is 1.86. The molecule has 2 rings (SSSR count). The first kappa shape index (κ1) is 12.6. The fourth-order valence-electron chi connectivity index (χ4n) is 1.84. The Morgan fingerprint density at radius 3 is 2.67 bits per heavy atom. The quantitative estimate of drug-likeness (QED) is 0.911. The number of nitrogens with zero attached hydrogens (tertiary/aromatic N) is 1. The minimum atomic E-state index is -1.33. The van der Waals surface area contributed by atoms with Gasteiger partial charge in [-0.2, -0.15) is 0 Å². The van der Waals surface area contributed by atoms with Crippen molar-refractivity contribution in [2.75, 3.05) is 0 Å². The van der Waals surface area contributed by atoms with E-state index >= 15 is 0 Å². The summed E-state index contributed by atoms with van der Waals surface area (Å²) in [4.78, 5) is 22.8. The molecule has 0 aliphatic rings. The molecule has 1 aromatic carbocycles. The summed E-state index contributed by atoms with van der Waals surface area (Å²) in [5.74, 6) is -1.98. The molecule has 0 saturated heterocycles. The highest BCUT2D eigenvalue weighted by atomic mass is 35.5. The Balaban J connectivity index is 2.97. The molecule has 0 unspecified atom stereocenters. The second-order valence-corrected chi connectivity index (χ2v) is 4.14. The van der Waals surface area contributed by atoms with Gasteiger partial charge in [0.2, 0.25) is 0 Å². The number of fused-ring (bicyclic) bond motifs is 1. The lowest BCUT2D eigenvalue weighted by atomic mass is 10.1. The lowest BCUT2D eigenvalue weighted by molar-refractivity contribution is 0.0694. The van der Waals surface area contributed by atoms with E-state index in [-0.39, 0.29) is 17.1 Å². The highest BCUT2D eigenvalue weighted by Crippen LogP contribution is 2.22. The maximum Gasteiger partial charge on any atom is 0.341 e. The third-order valence-corrected chi connectivity index (χ3v) is 2.97. The summed E-state index contributed by atoms with van der Waals surface area (Å²) in [6.07, 6.45) is 0. The van der Waals surface area contributed by atoms with Crippen LogP contribution in [0.5, 0.6) is 0 Å². The lowest BCUT2D eigenvalue weighted by Gasteiger charge is -2.10. The molecule has 2 aromatic rings. The van der Waals surface area contributed by atoms with E-state index in [1.807, 2.05) is 0 Å². The average molecular weight is 270 g/mol. The minimum absolute atomic E-state index is 0.104. The number of benzene rings is 1. The van der Waals surface area contributed by atoms with Crippen molar-refractivity contribution in [2.45, 2.75) is 13.5 Å². The topological polar surface area (TPSA) is 59.3 Å². The van der Waals surface area contributed by atoms with Gasteiger partial charge in [0.05, 0.1) is 10.5 Å². The molecule has 0 aliphatic carbocycles. The van der Waals surface area contributed by atoms with E-state index < -0.39 is 17.3 Å². The summed E-state index contributed by atoms with van der Waals surface area (Å²) < 4.78 is 14.6. The summed E-state index contributed by atoms with van der Waals surface area (Å²) in [5.41, 5.74) is -0.592. The molecule has 1 N–H and O–H groups in total. The van der Waals surface area contributed by atoms with Crippen LogP contribution >= 0.6 is 11.6 Å². The molecule has 0 bridgehead atoms. The van der Waals surface area contributed by atoms with Gasteiger partial charge in [0, 0.05) is 11.9 Å². The average Bonchev–Trinajstić information content (AvgIpc) is 2.30. The first-order valence-corrected chi connectivity index (χ1v) is 5.59. The van der Waals surface area contributed by atoms with Crippen LogP contribution in [0, 0.1) is 5.82 Å². The zero-order valence-electron chi connectivity index (χ0n) is 9.41. The maximum absolute atomic E-state index is 13.4. The molecular weight excluding hydrogens is 261 g/mol. The molecule has 0 spiro atoms. The number of hydrogen-bond acceptors (Lipinski definition) is 2. The Hall–Kier alpha value is -1.88. The van der Waals surface area contributed by atoms with Crippen LogP contribution in [0.4, 0.5) is 4.39 Å². The van der Waals surface area contributed by atoms with E-state index in [9.17, 15) is 14.0 Å². The number of halogens is 2. The van der Waals surface area contributed by atoms with Crippen LogP contribution in [-0.4, -0.2) is 15.6 Å². The van der Waals surface area contributed by atoms with Crippen molar-refractivity contribution in [3.05, 3.63) is 45.0 Å². The number of carboxylic acids is 1. The Labute approximate surface area is 106 Å². The largest absolute Gasteiger partial charge is 0.477 e. The number of rotatable bonds is 2. The molecule has 0 amide bonds. The predicted octanol–water partition coefficient (Wildman–Crippen LogP) is 2.51. The van der Waals surface area contributed by atoms with Gasteiger partial charge in [-0.05, 0) is 25.1 Å². The highest BCUT2D eigenvalue weighted by molar-refractivity contribution is 6.31. The molecule has 0 saturated carbocycles. The highest BCUT2D eigenvalue weighted by Gasteiger charge is 2.15. The summed E-state index contributed by atoms with van der Waals surface area (Å²) in [6, 6.07) is 3.60. The van der Waals surface area contributed by atoms with Crippen molar-refractivity contribution in [1.82, 2.24) is 4.57 Å². The number of carbonyl (C=O) groups is 1. The number of carboxylic acid groups (broad SMARTS) is 1. The van der Waals surface area contributed by atoms with E-state index in [0.29, 0.717) is 10.9 Å². The van der Waals surface area contributed by atoms with Gasteiger partial charge < -0.3 is 9.67 Å². The first-order valence-electron chi connectivity index (χ1n) is 5.21. The predicted molar refractivity (Wildman–Crippen MR) is 65.8 cm³/mol. The smallest absolute Gasteiger partial charge is 0.341 e. The summed E-state index contributed by atoms with van der Waals surface area (Å²) in [6.45, 7) is 1.97. The summed E-state index contributed by atoms with van der Waals surface area (Å²) in [5, 5.41) is 9.16. The van der Waals surface area contributed by atoms with Crippen molar-refractivity contribution in [3.63, 3.8) is 0 Å². The fraction of sp³-hybridized carbons (Fsp3) is 0.167. The molecule has 6 heteroatoms. The van der Waals surface area contributed by atoms with E-state index in [4.69, 9.17) is 16.7 Å². The zero-order chi connectivity index (χ0) is 13.4. The number of aryl methyl sites for hydroxylation is 1. The Morgan fingerprint density at radius 1 is 1.44 bits per heavy atom. The van der Waals surface area contributed by atoms with Gasteiger partial charge in [0.25, 0.3) is 5.56 Å². The minimum Gasteiger partial charge on any atom is -0.477 e. The number of aromatic carboxylic acids is 1. The van der Waals surface area contributed by atoms with Gasteiger partial charge in [-0.15, -0.1) is 0 Å². The molecule has 0 radical (unpaired) electrons. The van der Waals surface area contributed by atoms with Crippen LogP contribution < -0.4 is 5.56 Å². The van der Waals surface area contributed by atoms with E-state index in [1.54, 1.807) is 6.92 Å². The Morgan fingerprint density at radius 2 is 2.11 bits per heavy atom. The van der Waals surface area contributed by atoms with Crippen LogP contribution in [-0.2, 0) is 6.54 Å². The molecule has 18 heavy (non-hydrogen) atoms. The molecule has 1 aromatic heterocycles. The SMILES string of the molecule is CCn1c(=O)c(C(=O)O)cc2cc(F)c(Cl)cc21. The van der Waals surface area contributed by atoms with Crippen molar-refractivity contribution >= 4 is 28.5 Å². The van der Waals surface area contributed by atoms with Gasteiger partial charge in [0.1, 0.15) is 11.4 Å². The standard InChI is InChI=1S/C12H9ClFNO3/c1-2-15-10-5-8(13)9(14)4-6(10)3-7(11(15)16)12(17)18/h3-5H,2H2,1H3,(H,17,18). The molecule has 4 nitrogen and oxygen atoms in total. The summed E-state index contributed by atoms with van der Waals surface area (Å²) >= 11 is 5.66. The van der Waals surface area contributed by atoms with Gasteiger partial charge in [-0.1, -0.05) is 11.6 Å². The second kappa shape index (κ2) is 4.42. The Kier molecular flexibility index (Phi) is 3.09. The van der Waals surface area contributed by atoms with E-state index in [1.165, 1.54) is 10.6 Å². The maximum atomic E-state index is 13.4. The molecule has 0 fully saturated rings. The molecule has 0 atom stereocenters. The second-order valence-electron chi connectivity index (χ2n) is 3.74. The molecule has 0 aliphatic heterocycles. The van der Waals surface area contributed by atoms with E-state index in [0.717, 1.165) is 12.1 Å². The van der Waals surface area contributed by atoms with Gasteiger partial charge >= 0.3 is 5.97 Å². The number of aromatic nitrogens is 1. The van der Waals surface area contributed by atoms with E-state index in [2.05, 4.69) is 0 Å². The number of pyridine rings is 1. The molecular formula is C12H9ClFNO3. The number of hydrogen-bond donors (Lipinski definition) is 1. The van der Waals surface area contributed by atoms with Gasteiger partial charge in [-0.3, -0.25) is 4.79 Å². The normalized spacial score (nSPS) is 10.8. The van der Waals surface area contributed by atoms with Crippen LogP contribution in [0.2, 0.25) is 5.02 Å². The first-order chi connectivity index (χ1) is 8.45. The van der Waals surface area contributed by atoms with Gasteiger partial charge in [0.15, 0.2) is 0 Å². The monoisotopic (exact) mass is 269 g/mol. The third-order valence-electron chi connectivity index (χ3n) is 2.68. The van der Waals surface area contributed by atoms with Crippen molar-refractivity contribution in [2.24, 2.45) is 0 Å². The van der Waals surface area contributed by atoms with Crippen molar-refractivity contribution in [1.29, 1.82) is 0 Å². The zero-order valence-corrected chi connectivity index (χ0v) is 10.2. The Bertz CT molecular complexity index is 709. The van der Waals surface area contributed by atoms with Crippen LogP contribution in [0.25, 0.3) is 10.9 Å². The fourth-order valence-corrected chi connectivity index (χ4v) is 2.00. The lowest BCUT2D eigenvalue weighted by Crippen LogP contribution is -2.26. The summed E-state index contributed by atoms with van der Waals surface area (Å²) in [7, 11) is 0. The van der Waals surface area contributed by atoms with Crippen LogP contribution in [0.3, 0.4) is 0 Å². The molecule has 94 valence electrons. The molecule has 1 heterocycles. The van der Waals surface area contributed by atoms with Gasteiger partial charge in [-0.25, -0.2) is 9.18 Å². The van der Waals surface area contributed by atoms with Crippen molar-refractivity contribution in [3.8, 4) is 0 Å².